The van der Waals surface area contributed by atoms with Gasteiger partial charge in [0.05, 0.1) is 0 Å². The molecule has 0 aromatic carbocycles. The highest BCUT2D eigenvalue weighted by Gasteiger charge is 2.13. The van der Waals surface area contributed by atoms with Gasteiger partial charge in [-0.25, -0.2) is 14.8 Å². The standard InChI is InChI=1S/C13H14N4O2/c1-2-5-15-12-10(13(18)19)8-16-11(17-12)9-3-6-14-7-4-9/h3-4,6-8H,2,5H2,1H3,(H,18,19)(H,15,16,17). The SMILES string of the molecule is CCCNc1nc(-c2ccncc2)ncc1C(=O)O. The smallest absolute Gasteiger partial charge is 0.341 e. The van der Waals surface area contributed by atoms with Crippen LogP contribution in [-0.4, -0.2) is 32.6 Å². The number of aromatic nitrogens is 3. The van der Waals surface area contributed by atoms with Crippen LogP contribution >= 0.6 is 0 Å². The summed E-state index contributed by atoms with van der Waals surface area (Å²) in [7, 11) is 0. The number of carboxylic acids is 1. The zero-order valence-corrected chi connectivity index (χ0v) is 10.5. The van der Waals surface area contributed by atoms with Gasteiger partial charge in [0.25, 0.3) is 0 Å². The van der Waals surface area contributed by atoms with Crippen LogP contribution in [0.3, 0.4) is 0 Å². The summed E-state index contributed by atoms with van der Waals surface area (Å²) in [6.45, 7) is 2.66. The molecule has 0 aliphatic rings. The molecule has 0 radical (unpaired) electrons. The van der Waals surface area contributed by atoms with Gasteiger partial charge < -0.3 is 10.4 Å². The number of rotatable bonds is 5. The van der Waals surface area contributed by atoms with Gasteiger partial charge in [-0.15, -0.1) is 0 Å². The average molecular weight is 258 g/mol. The highest BCUT2D eigenvalue weighted by atomic mass is 16.4. The van der Waals surface area contributed by atoms with E-state index in [1.165, 1.54) is 6.20 Å². The summed E-state index contributed by atoms with van der Waals surface area (Å²) in [6.07, 6.45) is 5.49. The molecule has 2 aromatic heterocycles. The van der Waals surface area contributed by atoms with Crippen molar-refractivity contribution in [1.82, 2.24) is 15.0 Å². The molecule has 0 bridgehead atoms. The highest BCUT2D eigenvalue weighted by molar-refractivity contribution is 5.93. The Morgan fingerprint density at radius 1 is 1.37 bits per heavy atom. The number of carbonyl (C=O) groups is 1. The number of carboxylic acid groups (broad SMARTS) is 1. The van der Waals surface area contributed by atoms with E-state index in [9.17, 15) is 4.79 Å². The average Bonchev–Trinajstić information content (AvgIpc) is 2.45. The first kappa shape index (κ1) is 12.9. The van der Waals surface area contributed by atoms with Crippen molar-refractivity contribution in [3.63, 3.8) is 0 Å². The van der Waals surface area contributed by atoms with Crippen molar-refractivity contribution in [2.45, 2.75) is 13.3 Å². The maximum absolute atomic E-state index is 11.1. The van der Waals surface area contributed by atoms with Gasteiger partial charge in [0.15, 0.2) is 5.82 Å². The van der Waals surface area contributed by atoms with Crippen molar-refractivity contribution in [2.75, 3.05) is 11.9 Å². The minimum absolute atomic E-state index is 0.0752. The molecule has 0 spiro atoms. The first-order valence-corrected chi connectivity index (χ1v) is 5.97. The van der Waals surface area contributed by atoms with Crippen LogP contribution in [0.2, 0.25) is 0 Å². The number of anilines is 1. The van der Waals surface area contributed by atoms with Gasteiger partial charge in [0.1, 0.15) is 11.4 Å². The Balaban J connectivity index is 2.40. The van der Waals surface area contributed by atoms with E-state index in [1.807, 2.05) is 6.92 Å². The van der Waals surface area contributed by atoms with Crippen LogP contribution in [0.25, 0.3) is 11.4 Å². The van der Waals surface area contributed by atoms with Gasteiger partial charge in [-0.3, -0.25) is 4.98 Å². The van der Waals surface area contributed by atoms with E-state index in [-0.39, 0.29) is 5.56 Å². The number of aromatic carboxylic acids is 1. The summed E-state index contributed by atoms with van der Waals surface area (Å²) in [6, 6.07) is 3.55. The molecular weight excluding hydrogens is 244 g/mol. The molecule has 0 aliphatic carbocycles. The van der Waals surface area contributed by atoms with Crippen molar-refractivity contribution in [3.05, 3.63) is 36.3 Å². The van der Waals surface area contributed by atoms with Crippen molar-refractivity contribution >= 4 is 11.8 Å². The third-order valence-corrected chi connectivity index (χ3v) is 2.50. The number of hydrogen-bond donors (Lipinski definition) is 2. The molecule has 0 saturated carbocycles. The van der Waals surface area contributed by atoms with E-state index in [4.69, 9.17) is 5.11 Å². The summed E-state index contributed by atoms with van der Waals surface area (Å²) < 4.78 is 0. The lowest BCUT2D eigenvalue weighted by atomic mass is 10.2. The van der Waals surface area contributed by atoms with Crippen molar-refractivity contribution in [2.24, 2.45) is 0 Å². The maximum Gasteiger partial charge on any atom is 0.341 e. The van der Waals surface area contributed by atoms with E-state index in [0.29, 0.717) is 18.2 Å². The first-order valence-electron chi connectivity index (χ1n) is 5.97. The van der Waals surface area contributed by atoms with E-state index >= 15 is 0 Å². The third kappa shape index (κ3) is 3.04. The Kier molecular flexibility index (Phi) is 4.02. The minimum Gasteiger partial charge on any atom is -0.477 e. The summed E-state index contributed by atoms with van der Waals surface area (Å²) in [5, 5.41) is 12.1. The molecule has 0 aliphatic heterocycles. The van der Waals surface area contributed by atoms with Gasteiger partial charge >= 0.3 is 5.97 Å². The van der Waals surface area contributed by atoms with Gasteiger partial charge in [0.2, 0.25) is 0 Å². The van der Waals surface area contributed by atoms with Gasteiger partial charge in [-0.2, -0.15) is 0 Å². The van der Waals surface area contributed by atoms with Gasteiger partial charge in [-0.05, 0) is 18.6 Å². The predicted molar refractivity (Wildman–Crippen MR) is 71.0 cm³/mol. The van der Waals surface area contributed by atoms with Crippen molar-refractivity contribution in [3.8, 4) is 11.4 Å². The first-order chi connectivity index (χ1) is 9.22. The molecule has 6 heteroatoms. The fourth-order valence-corrected chi connectivity index (χ4v) is 1.56. The fraction of sp³-hybridized carbons (Fsp3) is 0.231. The molecule has 6 nitrogen and oxygen atoms in total. The van der Waals surface area contributed by atoms with Crippen LogP contribution in [0.4, 0.5) is 5.82 Å². The number of pyridine rings is 1. The lowest BCUT2D eigenvalue weighted by Crippen LogP contribution is -2.10. The van der Waals surface area contributed by atoms with Crippen LogP contribution < -0.4 is 5.32 Å². The molecule has 0 amide bonds. The second kappa shape index (κ2) is 5.90. The van der Waals surface area contributed by atoms with Gasteiger partial charge in [-0.1, -0.05) is 6.92 Å². The molecule has 0 fully saturated rings. The highest BCUT2D eigenvalue weighted by Crippen LogP contribution is 2.18. The zero-order chi connectivity index (χ0) is 13.7. The molecule has 2 rings (SSSR count). The largest absolute Gasteiger partial charge is 0.477 e. The van der Waals surface area contributed by atoms with Crippen LogP contribution in [0.1, 0.15) is 23.7 Å². The molecule has 19 heavy (non-hydrogen) atoms. The maximum atomic E-state index is 11.1. The Morgan fingerprint density at radius 3 is 2.74 bits per heavy atom. The zero-order valence-electron chi connectivity index (χ0n) is 10.5. The van der Waals surface area contributed by atoms with Crippen LogP contribution in [0.5, 0.6) is 0 Å². The van der Waals surface area contributed by atoms with Gasteiger partial charge in [0, 0.05) is 30.7 Å². The Bertz CT molecular complexity index is 572. The third-order valence-electron chi connectivity index (χ3n) is 2.50. The Morgan fingerprint density at radius 2 is 2.11 bits per heavy atom. The van der Waals surface area contributed by atoms with E-state index < -0.39 is 5.97 Å². The van der Waals surface area contributed by atoms with E-state index in [2.05, 4.69) is 20.3 Å². The molecule has 98 valence electrons. The molecule has 0 saturated heterocycles. The molecule has 0 unspecified atom stereocenters. The normalized spacial score (nSPS) is 10.2. The number of nitrogens with one attached hydrogen (secondary N) is 1. The van der Waals surface area contributed by atoms with E-state index in [1.54, 1.807) is 24.5 Å². The number of hydrogen-bond acceptors (Lipinski definition) is 5. The second-order valence-corrected chi connectivity index (χ2v) is 3.92. The van der Waals surface area contributed by atoms with Crippen molar-refractivity contribution < 1.29 is 9.90 Å². The monoisotopic (exact) mass is 258 g/mol. The number of nitrogens with zero attached hydrogens (tertiary/aromatic N) is 3. The summed E-state index contributed by atoms with van der Waals surface area (Å²) in [4.78, 5) is 23.4. The molecular formula is C13H14N4O2. The summed E-state index contributed by atoms with van der Waals surface area (Å²) in [5.74, 6) is -0.220. The van der Waals surface area contributed by atoms with E-state index in [0.717, 1.165) is 12.0 Å². The quantitative estimate of drug-likeness (QED) is 0.853. The van der Waals surface area contributed by atoms with Crippen LogP contribution in [-0.2, 0) is 0 Å². The summed E-state index contributed by atoms with van der Waals surface area (Å²) in [5.41, 5.74) is 0.873. The van der Waals surface area contributed by atoms with Crippen LogP contribution in [0, 0.1) is 0 Å². The molecule has 2 N–H and O–H groups in total. The predicted octanol–water partition coefficient (Wildman–Crippen LogP) is 2.06. The second-order valence-electron chi connectivity index (χ2n) is 3.92. The Hall–Kier alpha value is -2.50. The van der Waals surface area contributed by atoms with Crippen LogP contribution in [0.15, 0.2) is 30.7 Å². The lowest BCUT2D eigenvalue weighted by molar-refractivity contribution is 0.0697. The molecule has 2 aromatic rings. The molecule has 0 atom stereocenters. The summed E-state index contributed by atoms with van der Waals surface area (Å²) >= 11 is 0. The lowest BCUT2D eigenvalue weighted by Gasteiger charge is -2.09. The van der Waals surface area contributed by atoms with Crippen molar-refractivity contribution in [1.29, 1.82) is 0 Å². The minimum atomic E-state index is -1.04. The topological polar surface area (TPSA) is 88.0 Å². The fourth-order valence-electron chi connectivity index (χ4n) is 1.56. The Labute approximate surface area is 110 Å². The molecule has 2 heterocycles.